The molecule has 3 aromatic heterocycles. The summed E-state index contributed by atoms with van der Waals surface area (Å²) in [5, 5.41) is 18.3. The van der Waals surface area contributed by atoms with Crippen molar-refractivity contribution < 1.29 is 5.11 Å². The van der Waals surface area contributed by atoms with Gasteiger partial charge in [0, 0.05) is 34.8 Å². The van der Waals surface area contributed by atoms with Crippen LogP contribution in [0.2, 0.25) is 0 Å². The van der Waals surface area contributed by atoms with Crippen molar-refractivity contribution in [3.8, 4) is 23.0 Å². The maximum Gasteiger partial charge on any atom is 0.167 e. The van der Waals surface area contributed by atoms with Gasteiger partial charge in [-0.3, -0.25) is 5.10 Å². The molecule has 24 heavy (non-hydrogen) atoms. The lowest BCUT2D eigenvalue weighted by atomic mass is 9.87. The lowest BCUT2D eigenvalue weighted by Crippen LogP contribution is -2.14. The minimum Gasteiger partial charge on any atom is -0.378 e. The third kappa shape index (κ3) is 2.98. The fourth-order valence-electron chi connectivity index (χ4n) is 2.88. The molecule has 0 spiro atoms. The summed E-state index contributed by atoms with van der Waals surface area (Å²) < 4.78 is 2.18. The van der Waals surface area contributed by atoms with Gasteiger partial charge in [-0.1, -0.05) is 5.92 Å². The first-order chi connectivity index (χ1) is 11.3. The normalized spacial score (nSPS) is 11.5. The van der Waals surface area contributed by atoms with Crippen LogP contribution in [0.25, 0.3) is 22.0 Å². The van der Waals surface area contributed by atoms with E-state index in [0.29, 0.717) is 5.69 Å². The van der Waals surface area contributed by atoms with E-state index in [-0.39, 0.29) is 0 Å². The number of H-pyrrole nitrogens is 1. The highest BCUT2D eigenvalue weighted by Gasteiger charge is 2.16. The second-order valence-electron chi connectivity index (χ2n) is 6.53. The van der Waals surface area contributed by atoms with E-state index in [1.54, 1.807) is 13.8 Å². The monoisotopic (exact) mass is 318 g/mol. The van der Waals surface area contributed by atoms with E-state index in [1.807, 2.05) is 28.0 Å². The fraction of sp³-hybridized carbons (Fsp3) is 0.294. The summed E-state index contributed by atoms with van der Waals surface area (Å²) >= 11 is 0. The van der Waals surface area contributed by atoms with Gasteiger partial charge in [-0.15, -0.1) is 0 Å². The molecule has 120 valence electrons. The lowest BCUT2D eigenvalue weighted by Gasteiger charge is -2.06. The number of aliphatic hydroxyl groups is 1. The highest BCUT2D eigenvalue weighted by Crippen LogP contribution is 2.28. The third-order valence-corrected chi connectivity index (χ3v) is 4.00. The van der Waals surface area contributed by atoms with Gasteiger partial charge < -0.3 is 9.67 Å². The van der Waals surface area contributed by atoms with E-state index in [0.717, 1.165) is 39.8 Å². The van der Waals surface area contributed by atoms with E-state index < -0.39 is 5.60 Å². The third-order valence-electron chi connectivity index (χ3n) is 4.00. The van der Waals surface area contributed by atoms with E-state index in [4.69, 9.17) is 0 Å². The van der Waals surface area contributed by atoms with Crippen LogP contribution in [0.3, 0.4) is 0 Å². The SMILES string of the molecule is Bc1n[nH]c(B)c1-c1cn(CC)c2cnc(C#CC(C)(C)O)cc12. The number of pyridine rings is 1. The predicted molar refractivity (Wildman–Crippen MR) is 103 cm³/mol. The average molecular weight is 318 g/mol. The number of aromatic amines is 1. The maximum atomic E-state index is 9.79. The van der Waals surface area contributed by atoms with Crippen LogP contribution in [-0.2, 0) is 6.54 Å². The van der Waals surface area contributed by atoms with Crippen molar-refractivity contribution in [3.63, 3.8) is 0 Å². The molecule has 7 heteroatoms. The van der Waals surface area contributed by atoms with Crippen LogP contribution in [0.15, 0.2) is 18.5 Å². The topological polar surface area (TPSA) is 66.7 Å². The standard InChI is InChI=1S/C17H20B2N4O/c1-4-23-9-12(14-15(18)21-22-16(14)19)11-7-10(20-8-13(11)23)5-6-17(2,3)24/h7-9,24H,4,18-19H2,1-3H3,(H,21,22). The molecule has 0 aromatic carbocycles. The van der Waals surface area contributed by atoms with Crippen LogP contribution in [-0.4, -0.2) is 46.1 Å². The Bertz CT molecular complexity index is 951. The van der Waals surface area contributed by atoms with Gasteiger partial charge in [0.25, 0.3) is 0 Å². The van der Waals surface area contributed by atoms with E-state index in [1.165, 1.54) is 0 Å². The molecule has 0 aliphatic heterocycles. The van der Waals surface area contributed by atoms with Crippen molar-refractivity contribution in [3.05, 3.63) is 24.2 Å². The Kier molecular flexibility index (Phi) is 4.02. The summed E-state index contributed by atoms with van der Waals surface area (Å²) in [7, 11) is 4.03. The lowest BCUT2D eigenvalue weighted by molar-refractivity contribution is 0.143. The van der Waals surface area contributed by atoms with Gasteiger partial charge in [-0.2, -0.15) is 5.10 Å². The first-order valence-electron chi connectivity index (χ1n) is 8.06. The molecule has 0 radical (unpaired) electrons. The molecule has 3 rings (SSSR count). The van der Waals surface area contributed by atoms with Gasteiger partial charge >= 0.3 is 0 Å². The summed E-state index contributed by atoms with van der Waals surface area (Å²) in [6, 6.07) is 1.99. The molecule has 0 amide bonds. The largest absolute Gasteiger partial charge is 0.378 e. The maximum absolute atomic E-state index is 9.79. The second kappa shape index (κ2) is 5.88. The Hall–Kier alpha value is -2.45. The number of nitrogens with one attached hydrogen (secondary N) is 1. The molecule has 0 saturated heterocycles. The van der Waals surface area contributed by atoms with Gasteiger partial charge in [0.05, 0.1) is 11.7 Å². The Morgan fingerprint density at radius 3 is 2.71 bits per heavy atom. The minimum absolute atomic E-state index is 0.651. The molecular weight excluding hydrogens is 298 g/mol. The van der Waals surface area contributed by atoms with Crippen molar-refractivity contribution in [1.29, 1.82) is 0 Å². The molecule has 0 aliphatic rings. The zero-order valence-corrected chi connectivity index (χ0v) is 14.7. The zero-order chi connectivity index (χ0) is 17.5. The number of hydrogen-bond acceptors (Lipinski definition) is 3. The zero-order valence-electron chi connectivity index (χ0n) is 14.7. The van der Waals surface area contributed by atoms with Gasteiger partial charge in [0.1, 0.15) is 11.3 Å². The van der Waals surface area contributed by atoms with Crippen LogP contribution in [0, 0.1) is 11.8 Å². The van der Waals surface area contributed by atoms with E-state index in [2.05, 4.69) is 44.7 Å². The highest BCUT2D eigenvalue weighted by molar-refractivity contribution is 6.43. The first-order valence-corrected chi connectivity index (χ1v) is 8.06. The second-order valence-corrected chi connectivity index (χ2v) is 6.53. The predicted octanol–water partition coefficient (Wildman–Crippen LogP) is -0.915. The number of aromatic nitrogens is 4. The number of fused-ring (bicyclic) bond motifs is 1. The quantitative estimate of drug-likeness (QED) is 0.475. The Morgan fingerprint density at radius 2 is 2.12 bits per heavy atom. The van der Waals surface area contributed by atoms with Crippen LogP contribution < -0.4 is 11.2 Å². The summed E-state index contributed by atoms with van der Waals surface area (Å²) in [6.07, 6.45) is 3.99. The van der Waals surface area contributed by atoms with Crippen LogP contribution >= 0.6 is 0 Å². The molecule has 3 aromatic rings. The number of aryl methyl sites for hydroxylation is 1. The van der Waals surface area contributed by atoms with Crippen molar-refractivity contribution in [2.24, 2.45) is 0 Å². The molecule has 0 aliphatic carbocycles. The highest BCUT2D eigenvalue weighted by atomic mass is 16.3. The summed E-state index contributed by atoms with van der Waals surface area (Å²) in [6.45, 7) is 6.30. The first kappa shape index (κ1) is 16.4. The smallest absolute Gasteiger partial charge is 0.167 e. The molecule has 0 unspecified atom stereocenters. The van der Waals surface area contributed by atoms with Crippen molar-refractivity contribution >= 4 is 37.8 Å². The number of hydrogen-bond donors (Lipinski definition) is 2. The van der Waals surface area contributed by atoms with E-state index >= 15 is 0 Å². The molecule has 0 fully saturated rings. The number of nitrogens with zero attached hydrogens (tertiary/aromatic N) is 3. The van der Waals surface area contributed by atoms with Crippen LogP contribution in [0.1, 0.15) is 26.5 Å². The summed E-state index contributed by atoms with van der Waals surface area (Å²) in [5.74, 6) is 5.78. The summed E-state index contributed by atoms with van der Waals surface area (Å²) in [5.41, 5.74) is 4.96. The van der Waals surface area contributed by atoms with Crippen molar-refractivity contribution in [1.82, 2.24) is 19.7 Å². The Labute approximate surface area is 143 Å². The molecule has 5 nitrogen and oxygen atoms in total. The number of rotatable bonds is 2. The van der Waals surface area contributed by atoms with E-state index in [9.17, 15) is 5.11 Å². The van der Waals surface area contributed by atoms with Gasteiger partial charge in [0.2, 0.25) is 0 Å². The van der Waals surface area contributed by atoms with Crippen LogP contribution in [0.4, 0.5) is 0 Å². The molecular formula is C17H20B2N4O. The molecule has 0 atom stereocenters. The molecule has 2 N–H and O–H groups in total. The van der Waals surface area contributed by atoms with Gasteiger partial charge in [-0.25, -0.2) is 4.98 Å². The van der Waals surface area contributed by atoms with Gasteiger partial charge in [-0.05, 0) is 38.4 Å². The molecule has 0 bridgehead atoms. The average Bonchev–Trinajstić information content (AvgIpc) is 3.04. The Balaban J connectivity index is 2.24. The Morgan fingerprint density at radius 1 is 1.38 bits per heavy atom. The fourth-order valence-corrected chi connectivity index (χ4v) is 2.88. The minimum atomic E-state index is -1.04. The molecule has 0 saturated carbocycles. The summed E-state index contributed by atoms with van der Waals surface area (Å²) in [4.78, 5) is 4.43. The van der Waals surface area contributed by atoms with Gasteiger partial charge in [0.15, 0.2) is 15.7 Å². The van der Waals surface area contributed by atoms with Crippen molar-refractivity contribution in [2.45, 2.75) is 32.9 Å². The van der Waals surface area contributed by atoms with Crippen LogP contribution in [0.5, 0.6) is 0 Å². The van der Waals surface area contributed by atoms with Crippen molar-refractivity contribution in [2.75, 3.05) is 0 Å². The molecule has 3 heterocycles.